The number of hydrogen-bond donors (Lipinski definition) is 10. The maximum absolute atomic E-state index is 13.2. The predicted molar refractivity (Wildman–Crippen MR) is 227 cm³/mol. The molecular formula is C42H42N10O10. The molecule has 0 saturated carbocycles. The number of ketones is 4. The van der Waals surface area contributed by atoms with Crippen molar-refractivity contribution in [2.75, 3.05) is 73.6 Å². The number of carbonyl (C=O) groups excluding carboxylic acids is 6. The fourth-order valence-corrected chi connectivity index (χ4v) is 6.41. The number of nitrogens with two attached hydrogens (primary N) is 2. The molecule has 2 aliphatic carbocycles. The quantitative estimate of drug-likeness (QED) is 0.0422. The van der Waals surface area contributed by atoms with Crippen LogP contribution in [0, 0.1) is 0 Å². The molecule has 0 spiro atoms. The molecule has 20 nitrogen and oxygen atoms in total. The molecule has 0 bridgehead atoms. The molecule has 2 aliphatic rings. The number of aliphatic carboxylic acids is 2. The second kappa shape index (κ2) is 21.2. The number of pyridine rings is 2. The van der Waals surface area contributed by atoms with Gasteiger partial charge in [0.25, 0.3) is 0 Å². The van der Waals surface area contributed by atoms with E-state index in [-0.39, 0.29) is 93.8 Å². The van der Waals surface area contributed by atoms with Gasteiger partial charge in [-0.15, -0.1) is 0 Å². The van der Waals surface area contributed by atoms with Crippen molar-refractivity contribution < 1.29 is 48.6 Å². The van der Waals surface area contributed by atoms with Crippen LogP contribution in [0.1, 0.15) is 63.7 Å². The number of anilines is 4. The van der Waals surface area contributed by atoms with E-state index in [4.69, 9.17) is 21.7 Å². The molecular weight excluding hydrogens is 805 g/mol. The van der Waals surface area contributed by atoms with Crippen LogP contribution in [-0.4, -0.2) is 119 Å². The van der Waals surface area contributed by atoms with Gasteiger partial charge in [0.2, 0.25) is 11.8 Å². The molecule has 2 aromatic carbocycles. The van der Waals surface area contributed by atoms with E-state index in [9.17, 15) is 38.4 Å². The van der Waals surface area contributed by atoms with Crippen molar-refractivity contribution in [1.82, 2.24) is 20.6 Å². The number of nitrogens with zero attached hydrogens (tertiary/aromatic N) is 2. The second-order valence-electron chi connectivity index (χ2n) is 13.2. The van der Waals surface area contributed by atoms with Crippen LogP contribution in [0.2, 0.25) is 0 Å². The van der Waals surface area contributed by atoms with E-state index in [1.165, 1.54) is 36.9 Å². The van der Waals surface area contributed by atoms with Crippen LogP contribution >= 0.6 is 0 Å². The number of fused-ring (bicyclic) bond motifs is 4. The fourth-order valence-electron chi connectivity index (χ4n) is 6.41. The van der Waals surface area contributed by atoms with Crippen LogP contribution in [0.25, 0.3) is 0 Å². The highest BCUT2D eigenvalue weighted by Gasteiger charge is 2.35. The van der Waals surface area contributed by atoms with Gasteiger partial charge in [-0.25, -0.2) is 9.59 Å². The third-order valence-corrected chi connectivity index (χ3v) is 9.09. The molecule has 12 N–H and O–H groups in total. The van der Waals surface area contributed by atoms with Gasteiger partial charge in [0, 0.05) is 135 Å². The molecule has 0 atom stereocenters. The lowest BCUT2D eigenvalue weighted by Gasteiger charge is -2.23. The first-order chi connectivity index (χ1) is 29.9. The minimum Gasteiger partial charge on any atom is -0.478 e. The van der Waals surface area contributed by atoms with Crippen molar-refractivity contribution in [3.05, 3.63) is 130 Å². The molecule has 62 heavy (non-hydrogen) atoms. The summed E-state index contributed by atoms with van der Waals surface area (Å²) in [6.45, 7) is 2.41. The minimum absolute atomic E-state index is 0.172. The van der Waals surface area contributed by atoms with Gasteiger partial charge in [0.15, 0.2) is 23.1 Å². The summed E-state index contributed by atoms with van der Waals surface area (Å²) in [5.41, 5.74) is 15.0. The first kappa shape index (κ1) is 45.0. The van der Waals surface area contributed by atoms with Crippen molar-refractivity contribution in [2.24, 2.45) is 11.5 Å². The molecule has 0 saturated heterocycles. The molecule has 2 heterocycles. The van der Waals surface area contributed by atoms with E-state index < -0.39 is 23.8 Å². The van der Waals surface area contributed by atoms with E-state index in [1.807, 2.05) is 0 Å². The van der Waals surface area contributed by atoms with Crippen molar-refractivity contribution in [2.45, 2.75) is 0 Å². The number of nitrogens with one attached hydrogen (secondary N) is 6. The zero-order valence-electron chi connectivity index (χ0n) is 32.9. The smallest absolute Gasteiger partial charge is 0.328 e. The largest absolute Gasteiger partial charge is 0.478 e. The lowest BCUT2D eigenvalue weighted by Crippen LogP contribution is -2.29. The Hall–Kier alpha value is -8.10. The number of carbonyl (C=O) groups is 8. The topological polar surface area (TPSA) is 327 Å². The summed E-state index contributed by atoms with van der Waals surface area (Å²) in [5, 5.41) is 34.4. The molecule has 4 aromatic rings. The first-order valence-electron chi connectivity index (χ1n) is 19.0. The van der Waals surface area contributed by atoms with Crippen LogP contribution in [0.15, 0.2) is 85.5 Å². The Labute approximate surface area is 353 Å². The number of hydrogen-bond acceptors (Lipinski definition) is 16. The van der Waals surface area contributed by atoms with Gasteiger partial charge in [-0.3, -0.25) is 38.7 Å². The number of carboxylic acid groups (broad SMARTS) is 2. The molecule has 0 unspecified atom stereocenters. The first-order valence-corrected chi connectivity index (χ1v) is 19.0. The highest BCUT2D eigenvalue weighted by Crippen LogP contribution is 2.37. The summed E-state index contributed by atoms with van der Waals surface area (Å²) in [4.78, 5) is 105. The van der Waals surface area contributed by atoms with Gasteiger partial charge in [-0.1, -0.05) is 0 Å². The average Bonchev–Trinajstić information content (AvgIpc) is 3.27. The number of carboxylic acids is 2. The molecule has 0 fully saturated rings. The van der Waals surface area contributed by atoms with Crippen LogP contribution in [-0.2, 0) is 19.2 Å². The Morgan fingerprint density at radius 2 is 0.790 bits per heavy atom. The monoisotopic (exact) mass is 846 g/mol. The van der Waals surface area contributed by atoms with Crippen molar-refractivity contribution in [3.63, 3.8) is 0 Å². The van der Waals surface area contributed by atoms with E-state index in [2.05, 4.69) is 41.9 Å². The molecule has 6 rings (SSSR count). The molecule has 0 aliphatic heterocycles. The summed E-state index contributed by atoms with van der Waals surface area (Å²) in [6.07, 6.45) is 8.97. The summed E-state index contributed by atoms with van der Waals surface area (Å²) in [6, 6.07) is 9.78. The summed E-state index contributed by atoms with van der Waals surface area (Å²) < 4.78 is 0. The standard InChI is InChI=1S/2C21H21N5O5/c22-6-8-24-14-1-2-15(25-9-10-26-16(27)3-4-17(28)29)18-19(14)21(31)13-11-23-7-5-12(13)20(18)30;22-6-8-24-14-1-2-15(25-9-10-26-16(27)3-4-17(28)29)19-18(14)20(30)12-5-7-23-11-13(12)21(19)31/h2*1-5,7,11,24-25H,6,8-10,22H2,(H,26,27)(H,28,29)/b2*4-3-. The SMILES string of the molecule is NCCNc1ccc(NCCNC(=O)/C=C\C(=O)O)c2c1C(=O)c1ccncc1C2=O.NCCNc1ccc(NCCNC(=O)/C=C\C(=O)O)c2c1C(=O)c1cnccc1C2=O. The Balaban J connectivity index is 0.000000234. The zero-order chi connectivity index (χ0) is 44.8. The van der Waals surface area contributed by atoms with Gasteiger partial charge in [0.1, 0.15) is 0 Å². The van der Waals surface area contributed by atoms with Gasteiger partial charge in [-0.05, 0) is 36.4 Å². The maximum atomic E-state index is 13.2. The second-order valence-corrected chi connectivity index (χ2v) is 13.2. The summed E-state index contributed by atoms with van der Waals surface area (Å²) in [5.74, 6) is -4.79. The van der Waals surface area contributed by atoms with E-state index >= 15 is 0 Å². The van der Waals surface area contributed by atoms with Crippen LogP contribution in [0.5, 0.6) is 0 Å². The highest BCUT2D eigenvalue weighted by molar-refractivity contribution is 6.32. The summed E-state index contributed by atoms with van der Waals surface area (Å²) in [7, 11) is 0. The Bertz CT molecular complexity index is 2330. The van der Waals surface area contributed by atoms with E-state index in [1.54, 1.807) is 24.3 Å². The molecule has 2 aromatic heterocycles. The molecule has 320 valence electrons. The van der Waals surface area contributed by atoms with Crippen LogP contribution in [0.3, 0.4) is 0 Å². The number of rotatable bonds is 18. The lowest BCUT2D eigenvalue weighted by molar-refractivity contribution is -0.132. The molecule has 20 heteroatoms. The summed E-state index contributed by atoms with van der Waals surface area (Å²) >= 11 is 0. The van der Waals surface area contributed by atoms with Crippen LogP contribution in [0.4, 0.5) is 22.7 Å². The molecule has 0 radical (unpaired) electrons. The Morgan fingerprint density at radius 3 is 1.11 bits per heavy atom. The number of aromatic nitrogens is 2. The third-order valence-electron chi connectivity index (χ3n) is 9.09. The van der Waals surface area contributed by atoms with E-state index in [0.717, 1.165) is 24.3 Å². The average molecular weight is 847 g/mol. The number of amides is 2. The zero-order valence-corrected chi connectivity index (χ0v) is 32.9. The predicted octanol–water partition coefficient (Wildman–Crippen LogP) is 0.793. The van der Waals surface area contributed by atoms with Gasteiger partial charge in [0.05, 0.1) is 33.4 Å². The normalized spacial score (nSPS) is 12.3. The lowest BCUT2D eigenvalue weighted by atomic mass is 9.83. The van der Waals surface area contributed by atoms with Crippen molar-refractivity contribution >= 4 is 69.6 Å². The maximum Gasteiger partial charge on any atom is 0.328 e. The van der Waals surface area contributed by atoms with Gasteiger partial charge < -0.3 is 53.6 Å². The van der Waals surface area contributed by atoms with Gasteiger partial charge in [-0.2, -0.15) is 0 Å². The fraction of sp³-hybridized carbons (Fsp3) is 0.190. The van der Waals surface area contributed by atoms with Crippen molar-refractivity contribution in [3.8, 4) is 0 Å². The molecule has 2 amide bonds. The van der Waals surface area contributed by atoms with Gasteiger partial charge >= 0.3 is 11.9 Å². The minimum atomic E-state index is -1.22. The van der Waals surface area contributed by atoms with Crippen LogP contribution < -0.4 is 43.4 Å². The van der Waals surface area contributed by atoms with Crippen molar-refractivity contribution in [1.29, 1.82) is 0 Å². The third kappa shape index (κ3) is 10.7. The Morgan fingerprint density at radius 1 is 0.468 bits per heavy atom. The highest BCUT2D eigenvalue weighted by atomic mass is 16.4. The van der Waals surface area contributed by atoms with E-state index in [0.29, 0.717) is 48.9 Å². The Kier molecular flexibility index (Phi) is 15.4. The number of benzene rings is 2.